The number of fused-ring (bicyclic) bond motifs is 1. The van der Waals surface area contributed by atoms with Crippen molar-refractivity contribution in [1.29, 1.82) is 0 Å². The molecule has 2 aliphatic carbocycles. The Labute approximate surface area is 132 Å². The largest absolute Gasteiger partial charge is 0.375 e. The summed E-state index contributed by atoms with van der Waals surface area (Å²) in [7, 11) is 0. The van der Waals surface area contributed by atoms with E-state index in [9.17, 15) is 8.78 Å². The minimum Gasteiger partial charge on any atom is -0.375 e. The van der Waals surface area contributed by atoms with Gasteiger partial charge in [-0.25, -0.2) is 8.78 Å². The smallest absolute Gasteiger partial charge is 0.160 e. The maximum Gasteiger partial charge on any atom is 0.160 e. The van der Waals surface area contributed by atoms with E-state index in [1.165, 1.54) is 12.8 Å². The number of hydrogen-bond donors (Lipinski definition) is 0. The molecule has 2 nitrogen and oxygen atoms in total. The monoisotopic (exact) mass is 316 g/mol. The molecule has 0 aromatic carbocycles. The fraction of sp³-hybridized carbons (Fsp3) is 1.00. The summed E-state index contributed by atoms with van der Waals surface area (Å²) in [5.74, 6) is 1.45. The average molecular weight is 316 g/mol. The summed E-state index contributed by atoms with van der Waals surface area (Å²) >= 11 is 0. The van der Waals surface area contributed by atoms with Gasteiger partial charge < -0.3 is 9.47 Å². The summed E-state index contributed by atoms with van der Waals surface area (Å²) in [4.78, 5) is 0. The Hall–Kier alpha value is -0.220. The topological polar surface area (TPSA) is 18.5 Å². The highest BCUT2D eigenvalue weighted by Crippen LogP contribution is 2.40. The number of halogens is 2. The fourth-order valence-electron chi connectivity index (χ4n) is 4.38. The highest BCUT2D eigenvalue weighted by molar-refractivity contribution is 4.97. The highest BCUT2D eigenvalue weighted by atomic mass is 19.2. The van der Waals surface area contributed by atoms with E-state index in [2.05, 4.69) is 6.92 Å². The molecular formula is C18H30F2O2. The van der Waals surface area contributed by atoms with E-state index in [0.717, 1.165) is 31.6 Å². The van der Waals surface area contributed by atoms with E-state index in [0.29, 0.717) is 18.9 Å². The van der Waals surface area contributed by atoms with Crippen molar-refractivity contribution in [2.45, 2.75) is 89.4 Å². The van der Waals surface area contributed by atoms with Gasteiger partial charge in [0.2, 0.25) is 0 Å². The molecule has 0 spiro atoms. The van der Waals surface area contributed by atoms with Gasteiger partial charge in [-0.3, -0.25) is 0 Å². The van der Waals surface area contributed by atoms with Crippen LogP contribution in [0.15, 0.2) is 0 Å². The predicted molar refractivity (Wildman–Crippen MR) is 82.3 cm³/mol. The van der Waals surface area contributed by atoms with Crippen LogP contribution in [0, 0.1) is 17.8 Å². The van der Waals surface area contributed by atoms with Crippen LogP contribution in [0.5, 0.6) is 0 Å². The molecule has 1 heterocycles. The number of hydrogen-bond acceptors (Lipinski definition) is 2. The molecule has 0 aromatic rings. The van der Waals surface area contributed by atoms with Crippen LogP contribution in [-0.2, 0) is 9.47 Å². The van der Waals surface area contributed by atoms with Crippen molar-refractivity contribution in [3.05, 3.63) is 0 Å². The first kappa shape index (κ1) is 16.6. The van der Waals surface area contributed by atoms with Gasteiger partial charge in [0.05, 0.1) is 18.3 Å². The molecule has 128 valence electrons. The van der Waals surface area contributed by atoms with Gasteiger partial charge in [0.1, 0.15) is 0 Å². The Morgan fingerprint density at radius 3 is 2.41 bits per heavy atom. The maximum absolute atomic E-state index is 14.4. The van der Waals surface area contributed by atoms with E-state index in [1.54, 1.807) is 0 Å². The lowest BCUT2D eigenvalue weighted by molar-refractivity contribution is -0.181. The fourth-order valence-corrected chi connectivity index (χ4v) is 4.38. The van der Waals surface area contributed by atoms with Crippen LogP contribution in [0.4, 0.5) is 8.78 Å². The number of alkyl halides is 2. The highest BCUT2D eigenvalue weighted by Gasteiger charge is 2.49. The summed E-state index contributed by atoms with van der Waals surface area (Å²) in [5.41, 5.74) is 0. The lowest BCUT2D eigenvalue weighted by Gasteiger charge is -2.44. The zero-order valence-corrected chi connectivity index (χ0v) is 13.8. The van der Waals surface area contributed by atoms with Crippen molar-refractivity contribution >= 4 is 0 Å². The van der Waals surface area contributed by atoms with Crippen LogP contribution in [-0.4, -0.2) is 37.3 Å². The first-order chi connectivity index (χ1) is 10.5. The summed E-state index contributed by atoms with van der Waals surface area (Å²) < 4.78 is 40.3. The molecule has 0 radical (unpaired) electrons. The molecule has 0 aromatic heterocycles. The quantitative estimate of drug-likeness (QED) is 0.765. The van der Waals surface area contributed by atoms with Crippen LogP contribution in [0.3, 0.4) is 0 Å². The molecule has 1 aliphatic heterocycles. The van der Waals surface area contributed by atoms with Crippen LogP contribution in [0.25, 0.3) is 0 Å². The average Bonchev–Trinajstić information content (AvgIpc) is 2.52. The second-order valence-corrected chi connectivity index (χ2v) is 7.87. The Morgan fingerprint density at radius 2 is 1.68 bits per heavy atom. The first-order valence-corrected chi connectivity index (χ1v) is 9.09. The second-order valence-electron chi connectivity index (χ2n) is 7.87. The van der Waals surface area contributed by atoms with E-state index in [-0.39, 0.29) is 12.0 Å². The van der Waals surface area contributed by atoms with Crippen molar-refractivity contribution < 1.29 is 18.3 Å². The van der Waals surface area contributed by atoms with E-state index < -0.39 is 24.6 Å². The zero-order valence-electron chi connectivity index (χ0n) is 13.8. The first-order valence-electron chi connectivity index (χ1n) is 9.09. The van der Waals surface area contributed by atoms with Crippen LogP contribution in [0.1, 0.15) is 58.8 Å². The molecule has 6 unspecified atom stereocenters. The second kappa shape index (κ2) is 7.12. The third kappa shape index (κ3) is 3.64. The van der Waals surface area contributed by atoms with Crippen LogP contribution in [0.2, 0.25) is 0 Å². The summed E-state index contributed by atoms with van der Waals surface area (Å²) in [6.45, 7) is 4.83. The van der Waals surface area contributed by atoms with Gasteiger partial charge in [-0.15, -0.1) is 0 Å². The van der Waals surface area contributed by atoms with Gasteiger partial charge in [-0.2, -0.15) is 0 Å². The Morgan fingerprint density at radius 1 is 0.955 bits per heavy atom. The lowest BCUT2D eigenvalue weighted by atomic mass is 9.77. The zero-order chi connectivity index (χ0) is 15.7. The SMILES string of the molecule is CC1CCC(COC2CC3CCC(C)OC3C(F)C2F)CC1. The van der Waals surface area contributed by atoms with Crippen LogP contribution < -0.4 is 0 Å². The lowest BCUT2D eigenvalue weighted by Crippen LogP contribution is -2.54. The summed E-state index contributed by atoms with van der Waals surface area (Å²) in [6.07, 6.45) is 3.13. The van der Waals surface area contributed by atoms with Gasteiger partial charge in [0.25, 0.3) is 0 Å². The Bertz CT molecular complexity index is 355. The molecule has 4 heteroatoms. The molecular weight excluding hydrogens is 286 g/mol. The molecule has 3 fully saturated rings. The van der Waals surface area contributed by atoms with Crippen molar-refractivity contribution in [3.8, 4) is 0 Å². The molecule has 0 bridgehead atoms. The van der Waals surface area contributed by atoms with Gasteiger partial charge in [0, 0.05) is 6.61 Å². The molecule has 0 N–H and O–H groups in total. The van der Waals surface area contributed by atoms with Crippen molar-refractivity contribution in [1.82, 2.24) is 0 Å². The molecule has 2 saturated carbocycles. The molecule has 22 heavy (non-hydrogen) atoms. The molecule has 3 aliphatic rings. The number of rotatable bonds is 3. The van der Waals surface area contributed by atoms with Gasteiger partial charge >= 0.3 is 0 Å². The van der Waals surface area contributed by atoms with Crippen molar-refractivity contribution in [2.24, 2.45) is 17.8 Å². The maximum atomic E-state index is 14.4. The molecule has 3 rings (SSSR count). The number of ether oxygens (including phenoxy) is 2. The third-order valence-electron chi connectivity index (χ3n) is 5.99. The summed E-state index contributed by atoms with van der Waals surface area (Å²) in [5, 5.41) is 0. The molecule has 0 amide bonds. The Balaban J connectivity index is 1.51. The third-order valence-corrected chi connectivity index (χ3v) is 5.99. The Kier molecular flexibility index (Phi) is 5.39. The normalized spacial score (nSPS) is 49.6. The standard InChI is InChI=1S/C18H30F2O2/c1-11-3-6-13(7-4-11)10-21-15-9-14-8-5-12(2)22-18(14)17(20)16(15)19/h11-18H,3-10H2,1-2H3. The van der Waals surface area contributed by atoms with Gasteiger partial charge in [0.15, 0.2) is 12.3 Å². The van der Waals surface area contributed by atoms with E-state index >= 15 is 0 Å². The minimum absolute atomic E-state index is 0.0494. The summed E-state index contributed by atoms with van der Waals surface area (Å²) in [6, 6.07) is 0. The van der Waals surface area contributed by atoms with Gasteiger partial charge in [-0.1, -0.05) is 19.8 Å². The van der Waals surface area contributed by atoms with Crippen molar-refractivity contribution in [2.75, 3.05) is 6.61 Å². The molecule has 6 atom stereocenters. The minimum atomic E-state index is -1.53. The van der Waals surface area contributed by atoms with E-state index in [1.807, 2.05) is 6.92 Å². The van der Waals surface area contributed by atoms with E-state index in [4.69, 9.17) is 9.47 Å². The van der Waals surface area contributed by atoms with Crippen LogP contribution >= 0.6 is 0 Å². The molecule has 1 saturated heterocycles. The predicted octanol–water partition coefficient (Wildman–Crippen LogP) is 4.46. The van der Waals surface area contributed by atoms with Gasteiger partial charge in [-0.05, 0) is 56.8 Å². The van der Waals surface area contributed by atoms with Crippen molar-refractivity contribution in [3.63, 3.8) is 0 Å².